The average molecular weight is 731 g/mol. The molecule has 1 aromatic heterocycles. The van der Waals surface area contributed by atoms with Crippen molar-refractivity contribution in [2.75, 3.05) is 13.7 Å². The molecule has 0 bridgehead atoms. The van der Waals surface area contributed by atoms with Crippen molar-refractivity contribution in [2.24, 2.45) is 0 Å². The van der Waals surface area contributed by atoms with Gasteiger partial charge in [0.2, 0.25) is 0 Å². The molecule has 7 atom stereocenters. The molecule has 1 aliphatic heterocycles. The minimum Gasteiger partial charge on any atom is -0.462 e. The Morgan fingerprint density at radius 2 is 1.80 bits per heavy atom. The van der Waals surface area contributed by atoms with Gasteiger partial charge in [0.05, 0.1) is 19.8 Å². The molecule has 3 rings (SSSR count). The highest BCUT2D eigenvalue weighted by Crippen LogP contribution is 2.47. The number of hydrogen-bond acceptors (Lipinski definition) is 13. The molecule has 1 saturated heterocycles. The van der Waals surface area contributed by atoms with E-state index in [0.29, 0.717) is 22.0 Å². The summed E-state index contributed by atoms with van der Waals surface area (Å²) in [5, 5.41) is 15.7. The fraction of sp³-hybridized carbons (Fsp3) is 0.581. The quantitative estimate of drug-likeness (QED) is 0.121. The number of halogens is 1. The molecule has 1 amide bonds. The Labute approximate surface area is 287 Å². The first-order valence-corrected chi connectivity index (χ1v) is 17.4. The highest BCUT2D eigenvalue weighted by molar-refractivity contribution is 7.52. The second-order valence-corrected chi connectivity index (χ2v) is 13.5. The van der Waals surface area contributed by atoms with Crippen molar-refractivity contribution in [1.29, 1.82) is 0 Å². The minimum absolute atomic E-state index is 0.0983. The molecule has 1 unspecified atom stereocenters. The summed E-state index contributed by atoms with van der Waals surface area (Å²) < 4.78 is 62.8. The number of esters is 2. The maximum absolute atomic E-state index is 16.1. The van der Waals surface area contributed by atoms with Crippen molar-refractivity contribution < 1.29 is 56.4 Å². The Bertz CT molecular complexity index is 1630. The number of nitrogens with zero attached hydrogens (tertiary/aromatic N) is 2. The van der Waals surface area contributed by atoms with E-state index < -0.39 is 92.7 Å². The highest BCUT2D eigenvalue weighted by atomic mass is 31.2. The van der Waals surface area contributed by atoms with Crippen molar-refractivity contribution in [3.05, 3.63) is 63.4 Å². The zero-order chi connectivity index (χ0) is 37.2. The molecule has 17 nitrogen and oxygen atoms in total. The normalized spacial score (nSPS) is 22.6. The summed E-state index contributed by atoms with van der Waals surface area (Å²) in [4.78, 5) is 62.9. The molecule has 278 valence electrons. The second kappa shape index (κ2) is 17.7. The van der Waals surface area contributed by atoms with Gasteiger partial charge in [-0.3, -0.25) is 18.7 Å². The van der Waals surface area contributed by atoms with Crippen LogP contribution in [-0.4, -0.2) is 82.1 Å². The molecule has 1 fully saturated rings. The molecular formula is C31H44FN4O13P. The van der Waals surface area contributed by atoms with Crippen LogP contribution in [0.5, 0.6) is 5.75 Å². The summed E-state index contributed by atoms with van der Waals surface area (Å²) in [6.07, 6.45) is -4.35. The number of carbonyl (C=O) groups excluding carboxylic acids is 3. The van der Waals surface area contributed by atoms with Crippen molar-refractivity contribution in [3.8, 4) is 5.75 Å². The molecule has 50 heavy (non-hydrogen) atoms. The topological polar surface area (TPSA) is 212 Å². The lowest BCUT2D eigenvalue weighted by molar-refractivity contribution is -0.150. The second-order valence-electron chi connectivity index (χ2n) is 11.9. The van der Waals surface area contributed by atoms with E-state index in [0.717, 1.165) is 26.3 Å². The van der Waals surface area contributed by atoms with Crippen molar-refractivity contribution >= 4 is 25.8 Å². The third-order valence-corrected chi connectivity index (χ3v) is 9.09. The number of carbonyl (C=O) groups is 3. The van der Waals surface area contributed by atoms with Crippen molar-refractivity contribution in [3.63, 3.8) is 0 Å². The first-order chi connectivity index (χ1) is 23.5. The zero-order valence-corrected chi connectivity index (χ0v) is 29.5. The largest absolute Gasteiger partial charge is 0.462 e. The van der Waals surface area contributed by atoms with Gasteiger partial charge in [-0.1, -0.05) is 38.0 Å². The van der Waals surface area contributed by atoms with Gasteiger partial charge in [-0.05, 0) is 46.2 Å². The number of alkyl halides is 1. The average Bonchev–Trinajstić information content (AvgIpc) is 3.28. The lowest BCUT2D eigenvalue weighted by Gasteiger charge is -2.26. The van der Waals surface area contributed by atoms with Gasteiger partial charge in [-0.15, -0.1) is 0 Å². The van der Waals surface area contributed by atoms with Crippen LogP contribution in [-0.2, 0) is 44.4 Å². The van der Waals surface area contributed by atoms with Crippen LogP contribution in [0.15, 0.2) is 52.2 Å². The maximum atomic E-state index is 16.1. The number of benzene rings is 1. The molecule has 0 radical (unpaired) electrons. The fourth-order valence-electron chi connectivity index (χ4n) is 4.77. The Morgan fingerprint density at radius 1 is 1.12 bits per heavy atom. The summed E-state index contributed by atoms with van der Waals surface area (Å²) in [6, 6.07) is 6.41. The van der Waals surface area contributed by atoms with Crippen LogP contribution in [0.2, 0.25) is 0 Å². The number of unbranched alkanes of at least 4 members (excludes halogenated alkanes) is 1. The third-order valence-electron chi connectivity index (χ3n) is 7.44. The first kappa shape index (κ1) is 40.3. The van der Waals surface area contributed by atoms with Gasteiger partial charge in [-0.2, -0.15) is 5.09 Å². The predicted octanol–water partition coefficient (Wildman–Crippen LogP) is 2.55. The third kappa shape index (κ3) is 10.5. The SMILES string of the molecule is CCCC[C@H](NC(=O)OC)C(=O)OCn1c(=O)ccn([C@@H]2O[C@H](COP(=O)(N[C@@H](C)C(=O)OC(C)C)Oc3ccccc3)[C@@H](O)[C@@]2(C)F)c1=O. The number of aromatic nitrogens is 2. The molecule has 0 saturated carbocycles. The van der Waals surface area contributed by atoms with Crippen LogP contribution >= 0.6 is 7.75 Å². The van der Waals surface area contributed by atoms with Crippen LogP contribution in [0.25, 0.3) is 0 Å². The summed E-state index contributed by atoms with van der Waals surface area (Å²) in [6.45, 7) is 5.79. The van der Waals surface area contributed by atoms with Crippen LogP contribution < -0.4 is 26.2 Å². The number of aliphatic hydroxyl groups excluding tert-OH is 1. The molecule has 3 N–H and O–H groups in total. The van der Waals surface area contributed by atoms with Gasteiger partial charge in [-0.25, -0.2) is 27.9 Å². The van der Waals surface area contributed by atoms with Crippen LogP contribution in [0.1, 0.15) is 60.1 Å². The number of hydrogen-bond donors (Lipinski definition) is 3. The van der Waals surface area contributed by atoms with E-state index in [1.807, 2.05) is 6.92 Å². The Balaban J connectivity index is 1.81. The summed E-state index contributed by atoms with van der Waals surface area (Å²) in [7, 11) is -3.32. The number of ether oxygens (including phenoxy) is 4. The van der Waals surface area contributed by atoms with E-state index in [1.54, 1.807) is 32.0 Å². The summed E-state index contributed by atoms with van der Waals surface area (Å²) in [5.41, 5.74) is -4.74. The monoisotopic (exact) mass is 730 g/mol. The zero-order valence-electron chi connectivity index (χ0n) is 28.6. The van der Waals surface area contributed by atoms with Crippen LogP contribution in [0, 0.1) is 0 Å². The number of rotatable bonds is 17. The smallest absolute Gasteiger partial charge is 0.459 e. The van der Waals surface area contributed by atoms with E-state index in [1.165, 1.54) is 19.1 Å². The molecular weight excluding hydrogens is 686 g/mol. The van der Waals surface area contributed by atoms with Gasteiger partial charge in [0, 0.05) is 12.3 Å². The summed E-state index contributed by atoms with van der Waals surface area (Å²) in [5.74, 6) is -1.61. The number of nitrogens with one attached hydrogen (secondary N) is 2. The predicted molar refractivity (Wildman–Crippen MR) is 174 cm³/mol. The highest BCUT2D eigenvalue weighted by Gasteiger charge is 2.56. The van der Waals surface area contributed by atoms with E-state index in [9.17, 15) is 33.6 Å². The maximum Gasteiger partial charge on any atom is 0.459 e. The first-order valence-electron chi connectivity index (χ1n) is 15.9. The number of para-hydroxylation sites is 1. The van der Waals surface area contributed by atoms with Crippen LogP contribution in [0.4, 0.5) is 9.18 Å². The fourth-order valence-corrected chi connectivity index (χ4v) is 6.27. The van der Waals surface area contributed by atoms with Gasteiger partial charge < -0.3 is 33.9 Å². The van der Waals surface area contributed by atoms with Crippen molar-refractivity contribution in [2.45, 2.75) is 103 Å². The molecule has 2 aromatic rings. The Kier molecular flexibility index (Phi) is 14.3. The van der Waals surface area contributed by atoms with Crippen molar-refractivity contribution in [1.82, 2.24) is 19.5 Å². The van der Waals surface area contributed by atoms with Gasteiger partial charge >= 0.3 is 31.5 Å². The van der Waals surface area contributed by atoms with Gasteiger partial charge in [0.25, 0.3) is 5.56 Å². The minimum atomic E-state index is -4.44. The Hall–Kier alpha value is -4.09. The number of alkyl carbamates (subject to hydrolysis) is 1. The lowest BCUT2D eigenvalue weighted by atomic mass is 9.98. The van der Waals surface area contributed by atoms with Gasteiger partial charge in [0.1, 0.15) is 30.0 Å². The number of amides is 1. The Morgan fingerprint density at radius 3 is 2.42 bits per heavy atom. The molecule has 0 aliphatic carbocycles. The molecule has 0 spiro atoms. The summed E-state index contributed by atoms with van der Waals surface area (Å²) >= 11 is 0. The molecule has 1 aliphatic rings. The standard InChI is InChI=1S/C31H44FN4O13P/c1-7-8-14-22(33-29(41)44-6)27(40)45-18-36-24(37)15-16-35(30(36)42)28-31(5,32)25(38)23(48-28)17-46-50(43,49-21-12-10-9-11-13-21)34-20(4)26(39)47-19(2)3/h9-13,15-16,19-20,22-23,25,28,38H,7-8,14,17-18H2,1-6H3,(H,33,41)(H,34,43)/t20-,22-,23+,25+,28+,31+,50?/m0/s1. The van der Waals surface area contributed by atoms with Crippen LogP contribution in [0.3, 0.4) is 0 Å². The van der Waals surface area contributed by atoms with Gasteiger partial charge in [0.15, 0.2) is 18.6 Å². The van der Waals surface area contributed by atoms with E-state index in [4.69, 9.17) is 23.3 Å². The molecule has 2 heterocycles. The molecule has 19 heteroatoms. The molecule has 1 aromatic carbocycles. The van der Waals surface area contributed by atoms with E-state index in [2.05, 4.69) is 15.1 Å². The van der Waals surface area contributed by atoms with E-state index >= 15 is 4.39 Å². The lowest BCUT2D eigenvalue weighted by Crippen LogP contribution is -2.47. The number of methoxy groups -OCH3 is 1. The number of aliphatic hydroxyl groups is 1. The van der Waals surface area contributed by atoms with E-state index in [-0.39, 0.29) is 12.2 Å².